The van der Waals surface area contributed by atoms with Crippen LogP contribution in [0.25, 0.3) is 15.7 Å². The number of fused-ring (bicyclic) bond motifs is 2. The molecule has 0 unspecified atom stereocenters. The van der Waals surface area contributed by atoms with Crippen LogP contribution in [0.2, 0.25) is 0 Å². The summed E-state index contributed by atoms with van der Waals surface area (Å²) < 4.78 is 1.54. The molecule has 8 nitrogen and oxygen atoms in total. The number of benzene rings is 2. The Labute approximate surface area is 194 Å². The smallest absolute Gasteiger partial charge is 0.258 e. The second-order valence-electron chi connectivity index (χ2n) is 8.04. The van der Waals surface area contributed by atoms with Gasteiger partial charge in [-0.15, -0.1) is 11.3 Å². The molecule has 1 fully saturated rings. The molecule has 2 aromatic heterocycles. The summed E-state index contributed by atoms with van der Waals surface area (Å²) in [7, 11) is 0. The number of amides is 2. The molecule has 1 saturated heterocycles. The maximum absolute atomic E-state index is 12.6. The van der Waals surface area contributed by atoms with Crippen LogP contribution in [0.4, 0.5) is 0 Å². The number of carbonyl (C=O) groups excluding carboxylic acids is 2. The van der Waals surface area contributed by atoms with Crippen LogP contribution in [0.15, 0.2) is 64.9 Å². The van der Waals surface area contributed by atoms with Crippen molar-refractivity contribution in [2.45, 2.75) is 6.54 Å². The number of nitrogens with zero attached hydrogens (tertiary/aromatic N) is 4. The highest BCUT2D eigenvalue weighted by molar-refractivity contribution is 7.15. The Morgan fingerprint density at radius 3 is 2.61 bits per heavy atom. The van der Waals surface area contributed by atoms with Gasteiger partial charge in [-0.25, -0.2) is 4.98 Å². The fourth-order valence-corrected chi connectivity index (χ4v) is 4.79. The first-order chi connectivity index (χ1) is 16.1. The van der Waals surface area contributed by atoms with E-state index in [1.54, 1.807) is 23.2 Å². The molecular weight excluding hydrogens is 438 g/mol. The van der Waals surface area contributed by atoms with Crippen molar-refractivity contribution in [2.24, 2.45) is 0 Å². The molecule has 1 aliphatic rings. The lowest BCUT2D eigenvalue weighted by atomic mass is 10.1. The third-order valence-corrected chi connectivity index (χ3v) is 6.64. The lowest BCUT2D eigenvalue weighted by molar-refractivity contribution is -0.131. The summed E-state index contributed by atoms with van der Waals surface area (Å²) in [6.07, 6.45) is 1.72. The topological polar surface area (TPSA) is 87.0 Å². The molecule has 33 heavy (non-hydrogen) atoms. The van der Waals surface area contributed by atoms with E-state index < -0.39 is 0 Å². The Hall–Kier alpha value is -3.56. The van der Waals surface area contributed by atoms with E-state index in [9.17, 15) is 14.4 Å². The molecular formula is C24H23N5O3S. The predicted octanol–water partition coefficient (Wildman–Crippen LogP) is 1.98. The molecule has 0 atom stereocenters. The van der Waals surface area contributed by atoms with Crippen molar-refractivity contribution in [2.75, 3.05) is 32.7 Å². The molecule has 0 radical (unpaired) electrons. The first-order valence-corrected chi connectivity index (χ1v) is 11.7. The molecule has 1 aliphatic heterocycles. The summed E-state index contributed by atoms with van der Waals surface area (Å²) in [6, 6.07) is 14.9. The van der Waals surface area contributed by atoms with Gasteiger partial charge in [-0.2, -0.15) is 0 Å². The van der Waals surface area contributed by atoms with Crippen molar-refractivity contribution in [3.63, 3.8) is 0 Å². The standard InChI is InChI=1S/C24H23N5O3S/c30-21-14-20(26-24-29(21)11-12-33-24)16-27-7-9-28(10-8-27)22(31)15-25-23(32)19-6-5-17-3-1-2-4-18(17)13-19/h1-6,11-14H,7-10,15-16H2,(H,25,32). The molecule has 0 bridgehead atoms. The second kappa shape index (κ2) is 9.13. The van der Waals surface area contributed by atoms with E-state index in [-0.39, 0.29) is 23.9 Å². The zero-order valence-electron chi connectivity index (χ0n) is 17.9. The maximum Gasteiger partial charge on any atom is 0.258 e. The number of hydrogen-bond donors (Lipinski definition) is 1. The molecule has 4 aromatic rings. The van der Waals surface area contributed by atoms with Gasteiger partial charge in [-0.3, -0.25) is 23.7 Å². The highest BCUT2D eigenvalue weighted by atomic mass is 32.1. The van der Waals surface area contributed by atoms with Crippen molar-refractivity contribution in [1.29, 1.82) is 0 Å². The van der Waals surface area contributed by atoms with Gasteiger partial charge in [0.1, 0.15) is 0 Å². The number of carbonyl (C=O) groups is 2. The summed E-state index contributed by atoms with van der Waals surface area (Å²) in [5.41, 5.74) is 1.20. The summed E-state index contributed by atoms with van der Waals surface area (Å²) in [6.45, 7) is 3.07. The van der Waals surface area contributed by atoms with E-state index >= 15 is 0 Å². The summed E-state index contributed by atoms with van der Waals surface area (Å²) in [5, 5.41) is 6.64. The lowest BCUT2D eigenvalue weighted by Crippen LogP contribution is -2.51. The first-order valence-electron chi connectivity index (χ1n) is 10.8. The number of hydrogen-bond acceptors (Lipinski definition) is 6. The van der Waals surface area contributed by atoms with Gasteiger partial charge in [0.25, 0.3) is 11.5 Å². The number of rotatable bonds is 5. The van der Waals surface area contributed by atoms with E-state index in [1.165, 1.54) is 15.7 Å². The van der Waals surface area contributed by atoms with Gasteiger partial charge in [0.15, 0.2) is 4.96 Å². The average Bonchev–Trinajstić information content (AvgIpc) is 3.32. The molecule has 5 rings (SSSR count). The lowest BCUT2D eigenvalue weighted by Gasteiger charge is -2.34. The van der Waals surface area contributed by atoms with Crippen LogP contribution in [0.5, 0.6) is 0 Å². The van der Waals surface area contributed by atoms with Crippen LogP contribution in [0.1, 0.15) is 16.1 Å². The number of piperazine rings is 1. The minimum atomic E-state index is -0.255. The highest BCUT2D eigenvalue weighted by Crippen LogP contribution is 2.15. The Morgan fingerprint density at radius 1 is 1.00 bits per heavy atom. The van der Waals surface area contributed by atoms with Crippen LogP contribution in [-0.4, -0.2) is 63.7 Å². The molecule has 3 heterocycles. The van der Waals surface area contributed by atoms with E-state index in [1.807, 2.05) is 41.8 Å². The minimum absolute atomic E-state index is 0.0287. The van der Waals surface area contributed by atoms with Gasteiger partial charge in [0.2, 0.25) is 5.91 Å². The van der Waals surface area contributed by atoms with Gasteiger partial charge in [-0.1, -0.05) is 30.3 Å². The predicted molar refractivity (Wildman–Crippen MR) is 127 cm³/mol. The van der Waals surface area contributed by atoms with Gasteiger partial charge in [-0.05, 0) is 22.9 Å². The Kier molecular flexibility index (Phi) is 5.89. The largest absolute Gasteiger partial charge is 0.343 e. The molecule has 9 heteroatoms. The molecule has 0 saturated carbocycles. The molecule has 168 valence electrons. The van der Waals surface area contributed by atoms with Crippen molar-refractivity contribution in [3.8, 4) is 0 Å². The Balaban J connectivity index is 1.12. The number of aromatic nitrogens is 2. The van der Waals surface area contributed by atoms with Crippen molar-refractivity contribution >= 4 is 38.9 Å². The Morgan fingerprint density at radius 2 is 1.79 bits per heavy atom. The number of thiazole rings is 1. The summed E-state index contributed by atoms with van der Waals surface area (Å²) in [4.78, 5) is 46.5. The molecule has 0 aliphatic carbocycles. The number of nitrogens with one attached hydrogen (secondary N) is 1. The van der Waals surface area contributed by atoms with E-state index in [2.05, 4.69) is 15.2 Å². The van der Waals surface area contributed by atoms with Crippen LogP contribution < -0.4 is 10.9 Å². The SMILES string of the molecule is O=C(NCC(=O)N1CCN(Cc2cc(=O)n3ccsc3n2)CC1)c1ccc2ccccc2c1. The van der Waals surface area contributed by atoms with Crippen molar-refractivity contribution < 1.29 is 9.59 Å². The second-order valence-corrected chi connectivity index (χ2v) is 8.92. The van der Waals surface area contributed by atoms with E-state index in [0.29, 0.717) is 43.2 Å². The van der Waals surface area contributed by atoms with Gasteiger partial charge >= 0.3 is 0 Å². The van der Waals surface area contributed by atoms with Gasteiger partial charge in [0, 0.05) is 55.9 Å². The van der Waals surface area contributed by atoms with Crippen LogP contribution in [0.3, 0.4) is 0 Å². The van der Waals surface area contributed by atoms with Crippen molar-refractivity contribution in [3.05, 3.63) is 81.7 Å². The van der Waals surface area contributed by atoms with E-state index in [0.717, 1.165) is 16.5 Å². The monoisotopic (exact) mass is 461 g/mol. The fraction of sp³-hybridized carbons (Fsp3) is 0.250. The zero-order valence-corrected chi connectivity index (χ0v) is 18.8. The maximum atomic E-state index is 12.6. The summed E-state index contributed by atoms with van der Waals surface area (Å²) >= 11 is 1.43. The first kappa shape index (κ1) is 21.3. The zero-order chi connectivity index (χ0) is 22.8. The molecule has 1 N–H and O–H groups in total. The molecule has 0 spiro atoms. The minimum Gasteiger partial charge on any atom is -0.343 e. The quantitative estimate of drug-likeness (QED) is 0.491. The fourth-order valence-electron chi connectivity index (χ4n) is 4.05. The van der Waals surface area contributed by atoms with Gasteiger partial charge < -0.3 is 10.2 Å². The van der Waals surface area contributed by atoms with Gasteiger partial charge in [0.05, 0.1) is 12.2 Å². The van der Waals surface area contributed by atoms with Crippen LogP contribution in [-0.2, 0) is 11.3 Å². The van der Waals surface area contributed by atoms with Crippen LogP contribution in [0, 0.1) is 0 Å². The normalized spacial score (nSPS) is 14.6. The highest BCUT2D eigenvalue weighted by Gasteiger charge is 2.22. The van der Waals surface area contributed by atoms with Crippen LogP contribution >= 0.6 is 11.3 Å². The third kappa shape index (κ3) is 4.64. The van der Waals surface area contributed by atoms with Crippen molar-refractivity contribution in [1.82, 2.24) is 24.5 Å². The molecule has 2 amide bonds. The third-order valence-electron chi connectivity index (χ3n) is 5.88. The molecule has 2 aromatic carbocycles. The summed E-state index contributed by atoms with van der Waals surface area (Å²) in [5.74, 6) is -0.353. The Bertz CT molecular complexity index is 1390. The average molecular weight is 462 g/mol. The van der Waals surface area contributed by atoms with E-state index in [4.69, 9.17) is 0 Å².